The van der Waals surface area contributed by atoms with E-state index < -0.39 is 0 Å². The van der Waals surface area contributed by atoms with Crippen LogP contribution in [0.3, 0.4) is 0 Å². The summed E-state index contributed by atoms with van der Waals surface area (Å²) < 4.78 is 0. The minimum absolute atomic E-state index is 0.236. The Morgan fingerprint density at radius 1 is 1.43 bits per heavy atom. The third kappa shape index (κ3) is 1.01. The van der Waals surface area contributed by atoms with Gasteiger partial charge >= 0.3 is 0 Å². The Balaban J connectivity index is 2.26. The lowest BCUT2D eigenvalue weighted by Gasteiger charge is -1.98. The molecule has 0 aromatic rings. The first-order valence-electron chi connectivity index (χ1n) is 2.43. The summed E-state index contributed by atoms with van der Waals surface area (Å²) in [6.07, 6.45) is 3.03. The van der Waals surface area contributed by atoms with Crippen molar-refractivity contribution in [2.45, 2.75) is 6.17 Å². The number of rotatable bonds is 1. The molecule has 0 aliphatic carbocycles. The molecule has 2 nitrogen and oxygen atoms in total. The summed E-state index contributed by atoms with van der Waals surface area (Å²) >= 11 is 0. The van der Waals surface area contributed by atoms with Gasteiger partial charge in [-0.1, -0.05) is 6.58 Å². The molecular weight excluding hydrogens is 88.1 g/mol. The number of hydrogen-bond donors (Lipinski definition) is 2. The molecule has 1 radical (unpaired) electrons. The van der Waals surface area contributed by atoms with Crippen molar-refractivity contribution in [2.24, 2.45) is 0 Å². The summed E-state index contributed by atoms with van der Waals surface area (Å²) in [4.78, 5) is 0. The summed E-state index contributed by atoms with van der Waals surface area (Å²) in [6.45, 7) is 5.56. The van der Waals surface area contributed by atoms with Gasteiger partial charge in [0.2, 0.25) is 0 Å². The molecule has 0 spiro atoms. The first-order valence-corrected chi connectivity index (χ1v) is 2.43. The lowest BCUT2D eigenvalue weighted by Crippen LogP contribution is -2.28. The van der Waals surface area contributed by atoms with Gasteiger partial charge in [0.1, 0.15) is 0 Å². The molecule has 1 rings (SSSR count). The van der Waals surface area contributed by atoms with Crippen molar-refractivity contribution in [3.8, 4) is 0 Å². The fourth-order valence-corrected chi connectivity index (χ4v) is 0.650. The predicted octanol–water partition coefficient (Wildman–Crippen LogP) is -0.506. The van der Waals surface area contributed by atoms with Crippen LogP contribution in [0.25, 0.3) is 0 Å². The second-order valence-electron chi connectivity index (χ2n) is 1.55. The van der Waals surface area contributed by atoms with Crippen LogP contribution in [0.4, 0.5) is 0 Å². The summed E-state index contributed by atoms with van der Waals surface area (Å²) in [6, 6.07) is 0. The van der Waals surface area contributed by atoms with Crippen LogP contribution in [0.5, 0.6) is 0 Å². The van der Waals surface area contributed by atoms with Crippen molar-refractivity contribution in [1.82, 2.24) is 10.6 Å². The van der Waals surface area contributed by atoms with Crippen molar-refractivity contribution in [2.75, 3.05) is 13.1 Å². The maximum Gasteiger partial charge on any atom is 0.0834 e. The molecule has 0 aromatic heterocycles. The van der Waals surface area contributed by atoms with Crippen LogP contribution in [-0.4, -0.2) is 19.3 Å². The highest BCUT2D eigenvalue weighted by Gasteiger charge is 2.06. The Kier molecular flexibility index (Phi) is 1.44. The third-order valence-corrected chi connectivity index (χ3v) is 1.03. The molecule has 2 heteroatoms. The number of hydrogen-bond acceptors (Lipinski definition) is 2. The van der Waals surface area contributed by atoms with E-state index in [2.05, 4.69) is 23.3 Å². The molecule has 1 saturated heterocycles. The van der Waals surface area contributed by atoms with E-state index in [0.29, 0.717) is 0 Å². The molecule has 0 amide bonds. The van der Waals surface area contributed by atoms with Gasteiger partial charge in [0.15, 0.2) is 0 Å². The predicted molar refractivity (Wildman–Crippen MR) is 28.7 cm³/mol. The van der Waals surface area contributed by atoms with Gasteiger partial charge in [0.25, 0.3) is 0 Å². The topological polar surface area (TPSA) is 24.1 Å². The smallest absolute Gasteiger partial charge is 0.0834 e. The summed E-state index contributed by atoms with van der Waals surface area (Å²) in [5.41, 5.74) is 0. The average molecular weight is 97.1 g/mol. The first kappa shape index (κ1) is 4.81. The molecule has 1 aliphatic rings. The molecule has 7 heavy (non-hydrogen) atoms. The number of nitrogens with one attached hydrogen (secondary N) is 2. The molecule has 0 aromatic carbocycles. The average Bonchev–Trinajstić information content (AvgIpc) is 2.14. The van der Waals surface area contributed by atoms with E-state index >= 15 is 0 Å². The van der Waals surface area contributed by atoms with Crippen molar-refractivity contribution in [1.29, 1.82) is 0 Å². The van der Waals surface area contributed by atoms with E-state index in [1.807, 2.05) is 0 Å². The van der Waals surface area contributed by atoms with Crippen molar-refractivity contribution in [3.63, 3.8) is 0 Å². The molecular formula is C5H9N2. The van der Waals surface area contributed by atoms with Crippen LogP contribution in [0.1, 0.15) is 0 Å². The van der Waals surface area contributed by atoms with Gasteiger partial charge in [0.05, 0.1) is 6.17 Å². The van der Waals surface area contributed by atoms with Gasteiger partial charge in [-0.05, 0) is 6.08 Å². The molecule has 0 saturated carbocycles. The highest BCUT2D eigenvalue weighted by atomic mass is 15.2. The zero-order chi connectivity index (χ0) is 5.11. The van der Waals surface area contributed by atoms with Crippen molar-refractivity contribution in [3.05, 3.63) is 12.7 Å². The second kappa shape index (κ2) is 2.09. The monoisotopic (exact) mass is 97.1 g/mol. The summed E-state index contributed by atoms with van der Waals surface area (Å²) in [7, 11) is 0. The molecule has 0 unspecified atom stereocenters. The van der Waals surface area contributed by atoms with Gasteiger partial charge in [-0.25, -0.2) is 0 Å². The van der Waals surface area contributed by atoms with E-state index in [9.17, 15) is 0 Å². The van der Waals surface area contributed by atoms with Gasteiger partial charge < -0.3 is 0 Å². The molecule has 0 bridgehead atoms. The van der Waals surface area contributed by atoms with Gasteiger partial charge in [-0.2, -0.15) is 0 Å². The van der Waals surface area contributed by atoms with Gasteiger partial charge in [0, 0.05) is 13.1 Å². The minimum Gasteiger partial charge on any atom is -0.297 e. The zero-order valence-electron chi connectivity index (χ0n) is 4.20. The molecule has 1 aliphatic heterocycles. The molecule has 39 valence electrons. The standard InChI is InChI=1S/C5H9N2/c1-2-5-6-3-4-7-5/h5-7H,1,3-4H2. The SMILES string of the molecule is C=[C]C1NCCN1. The Morgan fingerprint density at radius 2 is 2.00 bits per heavy atom. The maximum atomic E-state index is 3.49. The molecule has 1 fully saturated rings. The lowest BCUT2D eigenvalue weighted by atomic mass is 10.5. The van der Waals surface area contributed by atoms with Crippen LogP contribution in [0, 0.1) is 6.08 Å². The zero-order valence-corrected chi connectivity index (χ0v) is 4.20. The summed E-state index contributed by atoms with van der Waals surface area (Å²) in [5.74, 6) is 0. The van der Waals surface area contributed by atoms with Crippen molar-refractivity contribution >= 4 is 0 Å². The van der Waals surface area contributed by atoms with Crippen LogP contribution >= 0.6 is 0 Å². The van der Waals surface area contributed by atoms with Crippen LogP contribution in [0.15, 0.2) is 6.58 Å². The van der Waals surface area contributed by atoms with E-state index in [1.54, 1.807) is 0 Å². The fourth-order valence-electron chi connectivity index (χ4n) is 0.650. The minimum atomic E-state index is 0.236. The van der Waals surface area contributed by atoms with E-state index in [-0.39, 0.29) is 6.17 Å². The third-order valence-electron chi connectivity index (χ3n) is 1.03. The van der Waals surface area contributed by atoms with Crippen LogP contribution in [0.2, 0.25) is 0 Å². The Morgan fingerprint density at radius 3 is 2.29 bits per heavy atom. The van der Waals surface area contributed by atoms with Crippen LogP contribution < -0.4 is 10.6 Å². The Bertz CT molecular complexity index is 64.5. The Labute approximate surface area is 43.6 Å². The van der Waals surface area contributed by atoms with Gasteiger partial charge in [-0.3, -0.25) is 10.6 Å². The van der Waals surface area contributed by atoms with E-state index in [4.69, 9.17) is 0 Å². The maximum absolute atomic E-state index is 3.49. The highest BCUT2D eigenvalue weighted by Crippen LogP contribution is 1.81. The Hall–Kier alpha value is -0.340. The lowest BCUT2D eigenvalue weighted by molar-refractivity contribution is 0.652. The fraction of sp³-hybridized carbons (Fsp3) is 0.600. The molecule has 2 N–H and O–H groups in total. The van der Waals surface area contributed by atoms with E-state index in [0.717, 1.165) is 13.1 Å². The molecule has 1 heterocycles. The van der Waals surface area contributed by atoms with E-state index in [1.165, 1.54) is 0 Å². The summed E-state index contributed by atoms with van der Waals surface area (Å²) in [5, 5.41) is 6.24. The second-order valence-corrected chi connectivity index (χ2v) is 1.55. The van der Waals surface area contributed by atoms with Crippen molar-refractivity contribution < 1.29 is 0 Å². The quantitative estimate of drug-likeness (QED) is 0.460. The molecule has 0 atom stereocenters. The normalized spacial score (nSPS) is 22.9. The van der Waals surface area contributed by atoms with Gasteiger partial charge in [-0.15, -0.1) is 0 Å². The highest BCUT2D eigenvalue weighted by molar-refractivity contribution is 4.80. The first-order chi connectivity index (χ1) is 3.43. The van der Waals surface area contributed by atoms with Crippen LogP contribution in [-0.2, 0) is 0 Å². The largest absolute Gasteiger partial charge is 0.297 e.